The third-order valence-electron chi connectivity index (χ3n) is 9.56. The van der Waals surface area contributed by atoms with Gasteiger partial charge in [-0.25, -0.2) is 15.0 Å². The Morgan fingerprint density at radius 1 is 0.702 bits per heavy atom. The first-order valence-corrected chi connectivity index (χ1v) is 15.9. The molecule has 1 aliphatic carbocycles. The molecule has 1 saturated carbocycles. The zero-order chi connectivity index (χ0) is 30.9. The molecule has 0 saturated heterocycles. The number of ether oxygens (including phenoxy) is 1. The number of aromatic nitrogens is 4. The summed E-state index contributed by atoms with van der Waals surface area (Å²) in [7, 11) is 0. The fourth-order valence-electron chi connectivity index (χ4n) is 7.38. The molecule has 1 aliphatic heterocycles. The van der Waals surface area contributed by atoms with E-state index >= 15 is 0 Å². The second-order valence-electron chi connectivity index (χ2n) is 12.9. The Hall–Kier alpha value is -4.55. The minimum absolute atomic E-state index is 0. The van der Waals surface area contributed by atoms with Gasteiger partial charge in [0.2, 0.25) is 0 Å². The first kappa shape index (κ1) is 29.8. The fraction of sp³-hybridized carbons (Fsp3) is 0.200. The van der Waals surface area contributed by atoms with Crippen molar-refractivity contribution in [2.75, 3.05) is 0 Å². The molecule has 6 nitrogen and oxygen atoms in total. The second kappa shape index (κ2) is 11.3. The summed E-state index contributed by atoms with van der Waals surface area (Å²) in [6, 6.07) is 36.1. The summed E-state index contributed by atoms with van der Waals surface area (Å²) in [5.74, 6) is 1.69. The Bertz CT molecular complexity index is 2270. The van der Waals surface area contributed by atoms with Crippen molar-refractivity contribution in [3.8, 4) is 45.4 Å². The third-order valence-corrected chi connectivity index (χ3v) is 9.56. The van der Waals surface area contributed by atoms with E-state index in [-0.39, 0.29) is 31.3 Å². The first-order valence-electron chi connectivity index (χ1n) is 15.9. The third kappa shape index (κ3) is 4.92. The Morgan fingerprint density at radius 2 is 1.43 bits per heavy atom. The average Bonchev–Trinajstić information content (AvgIpc) is 3.78. The number of pyridine rings is 1. The zero-order valence-electron chi connectivity index (χ0n) is 26.1. The van der Waals surface area contributed by atoms with Crippen molar-refractivity contribution in [1.29, 1.82) is 0 Å². The van der Waals surface area contributed by atoms with E-state index in [2.05, 4.69) is 44.2 Å². The van der Waals surface area contributed by atoms with Crippen molar-refractivity contribution in [2.45, 2.75) is 50.7 Å². The number of para-hydroxylation sites is 2. The predicted molar refractivity (Wildman–Crippen MR) is 180 cm³/mol. The zero-order valence-corrected chi connectivity index (χ0v) is 28.5. The Balaban J connectivity index is 0.00000324. The number of hydrogen-bond acceptors (Lipinski definition) is 6. The molecule has 0 atom stereocenters. The average molecular weight is 792 g/mol. The summed E-state index contributed by atoms with van der Waals surface area (Å²) in [5.41, 5.74) is 7.94. The minimum Gasteiger partial charge on any atom is -0.455 e. The predicted octanol–water partition coefficient (Wildman–Crippen LogP) is 9.67. The summed E-state index contributed by atoms with van der Waals surface area (Å²) in [4.78, 5) is 19.7. The van der Waals surface area contributed by atoms with Crippen LogP contribution in [0.25, 0.3) is 67.4 Å². The van der Waals surface area contributed by atoms with Crippen LogP contribution >= 0.6 is 0 Å². The molecule has 47 heavy (non-hydrogen) atoms. The Morgan fingerprint density at radius 3 is 2.21 bits per heavy atom. The largest absolute Gasteiger partial charge is 0.455 e. The van der Waals surface area contributed by atoms with E-state index in [4.69, 9.17) is 29.1 Å². The van der Waals surface area contributed by atoms with E-state index in [0.29, 0.717) is 17.5 Å². The fourth-order valence-corrected chi connectivity index (χ4v) is 7.38. The number of fused-ring (bicyclic) bond motifs is 5. The summed E-state index contributed by atoms with van der Waals surface area (Å²) < 4.78 is 13.1. The van der Waals surface area contributed by atoms with Crippen LogP contribution in [0, 0.1) is 6.07 Å². The number of hydrogen-bond donors (Lipinski definition) is 0. The minimum atomic E-state index is -0.346. The smallest absolute Gasteiger partial charge is 0.167 e. The van der Waals surface area contributed by atoms with Gasteiger partial charge in [0.25, 0.3) is 0 Å². The maximum Gasteiger partial charge on any atom is 0.167 e. The molecular weight excluding hydrogens is 761 g/mol. The van der Waals surface area contributed by atoms with Crippen LogP contribution in [-0.4, -0.2) is 19.9 Å². The molecule has 3 aromatic heterocycles. The van der Waals surface area contributed by atoms with E-state index in [1.807, 2.05) is 79.0 Å². The summed E-state index contributed by atoms with van der Waals surface area (Å²) in [6.07, 6.45) is 6.41. The van der Waals surface area contributed by atoms with Gasteiger partial charge in [0, 0.05) is 48.2 Å². The SMILES string of the molecule is CC1(C)OC2(CCCC2)c2c[c-]c(-c3ccc(-c4nc(-c5ccccc5)nc(-c5cccc6c5oc5ccccc56)n4)cn3)cc21.[Ir]. The molecule has 9 rings (SSSR count). The molecular formula is C40H31IrN4O2-. The van der Waals surface area contributed by atoms with Gasteiger partial charge in [-0.3, -0.25) is 0 Å². The van der Waals surface area contributed by atoms with Crippen LogP contribution < -0.4 is 0 Å². The second-order valence-corrected chi connectivity index (χ2v) is 12.9. The molecule has 7 aromatic rings. The van der Waals surface area contributed by atoms with Crippen molar-refractivity contribution in [3.63, 3.8) is 0 Å². The van der Waals surface area contributed by atoms with Crippen LogP contribution in [0.5, 0.6) is 0 Å². The summed E-state index contributed by atoms with van der Waals surface area (Å²) >= 11 is 0. The molecule has 4 aromatic carbocycles. The van der Waals surface area contributed by atoms with Gasteiger partial charge in [0.05, 0.1) is 16.8 Å². The van der Waals surface area contributed by atoms with Gasteiger partial charge in [-0.05, 0) is 44.5 Å². The Labute approximate surface area is 286 Å². The van der Waals surface area contributed by atoms with Crippen LogP contribution in [-0.2, 0) is 36.0 Å². The van der Waals surface area contributed by atoms with Crippen LogP contribution in [0.3, 0.4) is 0 Å². The van der Waals surface area contributed by atoms with E-state index in [1.165, 1.54) is 24.0 Å². The molecule has 1 radical (unpaired) electrons. The van der Waals surface area contributed by atoms with Crippen LogP contribution in [0.2, 0.25) is 0 Å². The first-order chi connectivity index (χ1) is 22.5. The van der Waals surface area contributed by atoms with Crippen LogP contribution in [0.4, 0.5) is 0 Å². The van der Waals surface area contributed by atoms with Crippen molar-refractivity contribution in [3.05, 3.63) is 120 Å². The molecule has 1 spiro atoms. The van der Waals surface area contributed by atoms with Crippen LogP contribution in [0.1, 0.15) is 50.7 Å². The number of nitrogens with zero attached hydrogens (tertiary/aromatic N) is 4. The van der Waals surface area contributed by atoms with Gasteiger partial charge in [0.1, 0.15) is 11.2 Å². The van der Waals surface area contributed by atoms with Gasteiger partial charge in [-0.1, -0.05) is 96.8 Å². The Kier molecular flexibility index (Phi) is 7.17. The van der Waals surface area contributed by atoms with Gasteiger partial charge in [0.15, 0.2) is 17.5 Å². The molecule has 7 heteroatoms. The summed E-state index contributed by atoms with van der Waals surface area (Å²) in [5, 5.41) is 2.09. The van der Waals surface area contributed by atoms with Crippen LogP contribution in [0.15, 0.2) is 108 Å². The molecule has 4 heterocycles. The van der Waals surface area contributed by atoms with Gasteiger partial charge < -0.3 is 14.1 Å². The van der Waals surface area contributed by atoms with Crippen molar-refractivity contribution >= 4 is 21.9 Å². The topological polar surface area (TPSA) is 73.9 Å². The van der Waals surface area contributed by atoms with Gasteiger partial charge >= 0.3 is 0 Å². The molecule has 0 N–H and O–H groups in total. The molecule has 0 amide bonds. The molecule has 2 aliphatic rings. The monoisotopic (exact) mass is 792 g/mol. The van der Waals surface area contributed by atoms with E-state index in [0.717, 1.165) is 62.7 Å². The number of rotatable bonds is 4. The maximum atomic E-state index is 6.71. The quantitative estimate of drug-likeness (QED) is 0.166. The van der Waals surface area contributed by atoms with Crippen molar-refractivity contribution < 1.29 is 29.3 Å². The van der Waals surface area contributed by atoms with Crippen molar-refractivity contribution in [2.24, 2.45) is 0 Å². The molecule has 233 valence electrons. The standard InChI is InChI=1S/C40H31N4O2.Ir/c1-39(2)32-23-26(17-19-31(32)40(46-39)21-8-9-22-40)33-20-18-27(24-41-33)37-42-36(25-11-4-3-5-12-25)43-38(44-37)30-15-10-14-29-28-13-6-7-16-34(28)45-35(29)30;/h3-7,10-16,18-20,23-24H,8-9,21-22H2,1-2H3;/q-1;. The number of benzene rings is 4. The molecule has 1 fully saturated rings. The molecule has 0 bridgehead atoms. The van der Waals surface area contributed by atoms with Gasteiger partial charge in [-0.15, -0.1) is 23.8 Å². The van der Waals surface area contributed by atoms with Gasteiger partial charge in [-0.2, -0.15) is 0 Å². The van der Waals surface area contributed by atoms with Crippen molar-refractivity contribution in [1.82, 2.24) is 19.9 Å². The maximum absolute atomic E-state index is 6.71. The van der Waals surface area contributed by atoms with E-state index in [9.17, 15) is 0 Å². The van der Waals surface area contributed by atoms with E-state index < -0.39 is 0 Å². The molecule has 0 unspecified atom stereocenters. The van der Waals surface area contributed by atoms with E-state index in [1.54, 1.807) is 0 Å². The normalized spacial score (nSPS) is 16.0. The summed E-state index contributed by atoms with van der Waals surface area (Å²) in [6.45, 7) is 4.35. The number of furan rings is 1.